The molecule has 1 amide bonds. The maximum absolute atomic E-state index is 12.3. The van der Waals surface area contributed by atoms with Gasteiger partial charge in [0, 0.05) is 12.7 Å². The smallest absolute Gasteiger partial charge is 0.253 e. The minimum Gasteiger partial charge on any atom is -0.370 e. The molecule has 0 saturated carbocycles. The zero-order chi connectivity index (χ0) is 15.2. The van der Waals surface area contributed by atoms with Crippen LogP contribution in [-0.2, 0) is 0 Å². The van der Waals surface area contributed by atoms with Crippen molar-refractivity contribution in [3.05, 3.63) is 35.0 Å². The van der Waals surface area contributed by atoms with Crippen LogP contribution in [0.2, 0.25) is 5.02 Å². The van der Waals surface area contributed by atoms with Crippen LogP contribution in [0.5, 0.6) is 0 Å². The lowest BCUT2D eigenvalue weighted by atomic mass is 10.2. The van der Waals surface area contributed by atoms with Crippen molar-refractivity contribution in [3.8, 4) is 0 Å². The van der Waals surface area contributed by atoms with Gasteiger partial charge in [-0.25, -0.2) is 9.97 Å². The van der Waals surface area contributed by atoms with Gasteiger partial charge in [0.1, 0.15) is 18.0 Å². The topological polar surface area (TPSA) is 95.6 Å². The lowest BCUT2D eigenvalue weighted by Crippen LogP contribution is -2.27. The van der Waals surface area contributed by atoms with E-state index in [0.717, 1.165) is 13.0 Å². The molecule has 0 aromatic carbocycles. The van der Waals surface area contributed by atoms with Gasteiger partial charge in [-0.15, -0.1) is 0 Å². The Hall–Kier alpha value is -2.15. The van der Waals surface area contributed by atoms with Gasteiger partial charge < -0.3 is 10.6 Å². The minimum absolute atomic E-state index is 0.286. The molecule has 1 unspecified atom stereocenters. The average molecular weight is 309 g/mol. The zero-order valence-corrected chi connectivity index (χ0v) is 12.6. The molecular weight excluding hydrogens is 292 g/mol. The van der Waals surface area contributed by atoms with Crippen LogP contribution in [0.25, 0.3) is 0 Å². The molecule has 1 atom stereocenters. The molecule has 2 aromatic heterocycles. The molecule has 2 rings (SSSR count). The van der Waals surface area contributed by atoms with Crippen molar-refractivity contribution in [3.63, 3.8) is 0 Å². The number of anilines is 1. The van der Waals surface area contributed by atoms with Crippen molar-refractivity contribution in [2.45, 2.75) is 26.3 Å². The molecule has 0 aliphatic rings. The highest BCUT2D eigenvalue weighted by Crippen LogP contribution is 2.19. The fraction of sp³-hybridized carbons (Fsp3) is 0.385. The first-order chi connectivity index (χ1) is 10.1. The van der Waals surface area contributed by atoms with Gasteiger partial charge in [0.15, 0.2) is 0 Å². The molecule has 0 spiro atoms. The summed E-state index contributed by atoms with van der Waals surface area (Å²) in [6, 6.07) is 1.34. The molecule has 7 nitrogen and oxygen atoms in total. The Morgan fingerprint density at radius 1 is 1.48 bits per heavy atom. The number of hydrogen-bond acceptors (Lipinski definition) is 5. The van der Waals surface area contributed by atoms with Crippen LogP contribution in [0.3, 0.4) is 0 Å². The molecule has 0 aliphatic carbocycles. The van der Waals surface area contributed by atoms with Gasteiger partial charge >= 0.3 is 0 Å². The molecule has 0 radical (unpaired) electrons. The van der Waals surface area contributed by atoms with Crippen molar-refractivity contribution in [1.82, 2.24) is 25.5 Å². The Kier molecular flexibility index (Phi) is 5.10. The highest BCUT2D eigenvalue weighted by molar-refractivity contribution is 6.33. The average Bonchev–Trinajstić information content (AvgIpc) is 3.00. The molecule has 2 aromatic rings. The molecule has 0 fully saturated rings. The minimum atomic E-state index is -0.295. The van der Waals surface area contributed by atoms with E-state index in [4.69, 9.17) is 11.6 Å². The van der Waals surface area contributed by atoms with E-state index in [1.165, 1.54) is 12.5 Å². The quantitative estimate of drug-likeness (QED) is 0.760. The maximum Gasteiger partial charge on any atom is 0.253 e. The van der Waals surface area contributed by atoms with E-state index in [9.17, 15) is 4.79 Å². The number of carbonyl (C=O) groups excluding carboxylic acids is 1. The number of halogens is 1. The standard InChI is InChI=1S/C13H17ClN6O/c1-3-4-15-11-5-9(10(14)6-16-11)13(21)19-8(2)12-17-7-18-20-12/h5-8H,3-4H2,1-2H3,(H,15,16)(H,19,21)(H,17,18,20). The Labute approximate surface area is 127 Å². The van der Waals surface area contributed by atoms with E-state index in [1.807, 2.05) is 6.92 Å². The molecule has 21 heavy (non-hydrogen) atoms. The first kappa shape index (κ1) is 15.2. The molecule has 2 heterocycles. The van der Waals surface area contributed by atoms with Gasteiger partial charge in [0.05, 0.1) is 16.6 Å². The van der Waals surface area contributed by atoms with Crippen LogP contribution in [0, 0.1) is 0 Å². The molecule has 0 saturated heterocycles. The summed E-state index contributed by atoms with van der Waals surface area (Å²) in [7, 11) is 0. The van der Waals surface area contributed by atoms with Crippen LogP contribution >= 0.6 is 11.6 Å². The normalized spacial score (nSPS) is 12.0. The number of nitrogens with zero attached hydrogens (tertiary/aromatic N) is 3. The van der Waals surface area contributed by atoms with Crippen molar-refractivity contribution in [2.75, 3.05) is 11.9 Å². The predicted molar refractivity (Wildman–Crippen MR) is 80.3 cm³/mol. The number of carbonyl (C=O) groups is 1. The van der Waals surface area contributed by atoms with Crippen molar-refractivity contribution in [2.24, 2.45) is 0 Å². The van der Waals surface area contributed by atoms with Gasteiger partial charge in [0.25, 0.3) is 5.91 Å². The van der Waals surface area contributed by atoms with Gasteiger partial charge in [-0.05, 0) is 19.4 Å². The summed E-state index contributed by atoms with van der Waals surface area (Å²) >= 11 is 6.05. The summed E-state index contributed by atoms with van der Waals surface area (Å²) in [5.74, 6) is 0.919. The molecule has 112 valence electrons. The van der Waals surface area contributed by atoms with Crippen molar-refractivity contribution >= 4 is 23.3 Å². The Balaban J connectivity index is 2.10. The third kappa shape index (κ3) is 3.91. The molecule has 0 aliphatic heterocycles. The first-order valence-electron chi connectivity index (χ1n) is 6.67. The Morgan fingerprint density at radius 2 is 2.29 bits per heavy atom. The number of pyridine rings is 1. The summed E-state index contributed by atoms with van der Waals surface area (Å²) in [5.41, 5.74) is 0.372. The number of H-pyrrole nitrogens is 1. The van der Waals surface area contributed by atoms with Crippen LogP contribution in [0.1, 0.15) is 42.5 Å². The first-order valence-corrected chi connectivity index (χ1v) is 7.05. The van der Waals surface area contributed by atoms with Crippen molar-refractivity contribution in [1.29, 1.82) is 0 Å². The van der Waals surface area contributed by atoms with Crippen LogP contribution in [-0.4, -0.2) is 32.6 Å². The zero-order valence-electron chi connectivity index (χ0n) is 11.9. The summed E-state index contributed by atoms with van der Waals surface area (Å²) < 4.78 is 0. The monoisotopic (exact) mass is 308 g/mol. The maximum atomic E-state index is 12.3. The van der Waals surface area contributed by atoms with Gasteiger partial charge in [-0.1, -0.05) is 18.5 Å². The van der Waals surface area contributed by atoms with E-state index >= 15 is 0 Å². The molecule has 8 heteroatoms. The molecule has 0 bridgehead atoms. The SMILES string of the molecule is CCCNc1cc(C(=O)NC(C)c2ncn[nH]2)c(Cl)cn1. The number of hydrogen-bond donors (Lipinski definition) is 3. The second-order valence-corrected chi connectivity index (χ2v) is 4.95. The van der Waals surface area contributed by atoms with Crippen LogP contribution in [0.4, 0.5) is 5.82 Å². The lowest BCUT2D eigenvalue weighted by Gasteiger charge is -2.13. The fourth-order valence-electron chi connectivity index (χ4n) is 1.73. The van der Waals surface area contributed by atoms with E-state index in [0.29, 0.717) is 22.2 Å². The third-order valence-electron chi connectivity index (χ3n) is 2.85. The second-order valence-electron chi connectivity index (χ2n) is 4.54. The number of amides is 1. The Morgan fingerprint density at radius 3 is 2.95 bits per heavy atom. The second kappa shape index (κ2) is 7.03. The summed E-state index contributed by atoms with van der Waals surface area (Å²) in [5, 5.41) is 12.7. The predicted octanol–water partition coefficient (Wildman–Crippen LogP) is 2.17. The van der Waals surface area contributed by atoms with Crippen molar-refractivity contribution < 1.29 is 4.79 Å². The fourth-order valence-corrected chi connectivity index (χ4v) is 1.92. The van der Waals surface area contributed by atoms with Gasteiger partial charge in [0.2, 0.25) is 0 Å². The Bertz CT molecular complexity index is 601. The van der Waals surface area contributed by atoms with E-state index in [-0.39, 0.29) is 11.9 Å². The molecule has 3 N–H and O–H groups in total. The third-order valence-corrected chi connectivity index (χ3v) is 3.15. The van der Waals surface area contributed by atoms with E-state index < -0.39 is 0 Å². The summed E-state index contributed by atoms with van der Waals surface area (Å²) in [6.45, 7) is 4.64. The molecular formula is C13H17ClN6O. The van der Waals surface area contributed by atoms with Gasteiger partial charge in [-0.2, -0.15) is 5.10 Å². The number of rotatable bonds is 6. The number of aromatic amines is 1. The number of nitrogens with one attached hydrogen (secondary N) is 3. The van der Waals surface area contributed by atoms with Crippen LogP contribution < -0.4 is 10.6 Å². The highest BCUT2D eigenvalue weighted by Gasteiger charge is 2.16. The lowest BCUT2D eigenvalue weighted by molar-refractivity contribution is 0.0938. The van der Waals surface area contributed by atoms with Crippen LogP contribution in [0.15, 0.2) is 18.6 Å². The van der Waals surface area contributed by atoms with E-state index in [2.05, 4.69) is 37.7 Å². The highest BCUT2D eigenvalue weighted by atomic mass is 35.5. The summed E-state index contributed by atoms with van der Waals surface area (Å²) in [6.07, 6.45) is 3.83. The number of aromatic nitrogens is 4. The largest absolute Gasteiger partial charge is 0.370 e. The van der Waals surface area contributed by atoms with Gasteiger partial charge in [-0.3, -0.25) is 9.89 Å². The summed E-state index contributed by atoms with van der Waals surface area (Å²) in [4.78, 5) is 20.4. The van der Waals surface area contributed by atoms with E-state index in [1.54, 1.807) is 6.07 Å².